The zero-order chi connectivity index (χ0) is 14.2. The first kappa shape index (κ1) is 14.7. The van der Waals surface area contributed by atoms with Crippen LogP contribution in [0.1, 0.15) is 16.8 Å². The summed E-state index contributed by atoms with van der Waals surface area (Å²) in [6.07, 6.45) is 4.73. The number of aromatic nitrogens is 4. The van der Waals surface area contributed by atoms with Gasteiger partial charge in [0.2, 0.25) is 5.82 Å². The zero-order valence-electron chi connectivity index (χ0n) is 12.1. The van der Waals surface area contributed by atoms with E-state index in [1.807, 2.05) is 31.5 Å². The molecule has 0 radical (unpaired) electrons. The molecular weight excluding hydrogens is 302 g/mol. The summed E-state index contributed by atoms with van der Waals surface area (Å²) in [7, 11) is 0. The minimum atomic E-state index is 0. The van der Waals surface area contributed by atoms with Crippen LogP contribution in [0.25, 0.3) is 23.0 Å². The molecule has 3 aromatic rings. The summed E-state index contributed by atoms with van der Waals surface area (Å²) < 4.78 is 5.37. The quantitative estimate of drug-likeness (QED) is 0.759. The predicted octanol–water partition coefficient (Wildman–Crippen LogP) is 2.50. The number of H-pyrrole nitrogens is 1. The molecule has 0 saturated carbocycles. The van der Waals surface area contributed by atoms with Crippen LogP contribution in [-0.4, -0.2) is 26.7 Å². The third-order valence-corrected chi connectivity index (χ3v) is 3.81. The van der Waals surface area contributed by atoms with Gasteiger partial charge in [-0.3, -0.25) is 4.98 Å². The standard InChI is InChI=1S/C15H15N5O.ClH/c1-9-13(11-4-6-16-7-10(11)8-18-9)14-19-15(21-20-14)12-3-2-5-17-12;/h2-3,5,8,16-17H,4,6-7H2,1H3;1H. The lowest BCUT2D eigenvalue weighted by molar-refractivity contribution is 0.431. The Hall–Kier alpha value is -2.18. The van der Waals surface area contributed by atoms with Crippen LogP contribution in [0.4, 0.5) is 0 Å². The van der Waals surface area contributed by atoms with Crippen molar-refractivity contribution in [3.8, 4) is 23.0 Å². The van der Waals surface area contributed by atoms with Gasteiger partial charge in [0, 0.05) is 30.2 Å². The molecule has 2 N–H and O–H groups in total. The molecule has 0 atom stereocenters. The fraction of sp³-hybridized carbons (Fsp3) is 0.267. The molecule has 0 amide bonds. The van der Waals surface area contributed by atoms with E-state index in [2.05, 4.69) is 25.4 Å². The summed E-state index contributed by atoms with van der Waals surface area (Å²) in [5.41, 5.74) is 5.27. The maximum Gasteiger partial charge on any atom is 0.274 e. The Labute approximate surface area is 133 Å². The third-order valence-electron chi connectivity index (χ3n) is 3.81. The normalized spacial score (nSPS) is 13.5. The molecule has 3 aromatic heterocycles. The van der Waals surface area contributed by atoms with Gasteiger partial charge >= 0.3 is 0 Å². The van der Waals surface area contributed by atoms with Gasteiger partial charge in [-0.2, -0.15) is 4.98 Å². The third kappa shape index (κ3) is 2.40. The average molecular weight is 318 g/mol. The van der Waals surface area contributed by atoms with Crippen molar-refractivity contribution in [1.82, 2.24) is 25.4 Å². The fourth-order valence-electron chi connectivity index (χ4n) is 2.77. The van der Waals surface area contributed by atoms with E-state index in [-0.39, 0.29) is 12.4 Å². The molecule has 1 aliphatic rings. The van der Waals surface area contributed by atoms with Gasteiger partial charge in [0.25, 0.3) is 5.89 Å². The van der Waals surface area contributed by atoms with Crippen molar-refractivity contribution in [2.24, 2.45) is 0 Å². The molecule has 22 heavy (non-hydrogen) atoms. The number of nitrogens with one attached hydrogen (secondary N) is 2. The lowest BCUT2D eigenvalue weighted by Crippen LogP contribution is -2.24. The van der Waals surface area contributed by atoms with Gasteiger partial charge in [-0.15, -0.1) is 12.4 Å². The van der Waals surface area contributed by atoms with E-state index in [1.165, 1.54) is 11.1 Å². The van der Waals surface area contributed by atoms with Crippen molar-refractivity contribution in [3.63, 3.8) is 0 Å². The zero-order valence-corrected chi connectivity index (χ0v) is 12.9. The molecule has 0 fully saturated rings. The minimum Gasteiger partial charge on any atom is -0.357 e. The topological polar surface area (TPSA) is 79.6 Å². The molecule has 6 nitrogen and oxygen atoms in total. The highest BCUT2D eigenvalue weighted by atomic mass is 35.5. The summed E-state index contributed by atoms with van der Waals surface area (Å²) in [4.78, 5) is 12.1. The molecule has 4 heterocycles. The Morgan fingerprint density at radius 3 is 3.05 bits per heavy atom. The van der Waals surface area contributed by atoms with Crippen LogP contribution >= 0.6 is 12.4 Å². The molecule has 0 aromatic carbocycles. The molecule has 0 spiro atoms. The number of hydrogen-bond acceptors (Lipinski definition) is 5. The van der Waals surface area contributed by atoms with Crippen LogP contribution in [0, 0.1) is 6.92 Å². The van der Waals surface area contributed by atoms with Crippen molar-refractivity contribution in [2.75, 3.05) is 6.54 Å². The summed E-state index contributed by atoms with van der Waals surface area (Å²) >= 11 is 0. The van der Waals surface area contributed by atoms with Crippen LogP contribution < -0.4 is 5.32 Å². The molecule has 0 bridgehead atoms. The monoisotopic (exact) mass is 317 g/mol. The minimum absolute atomic E-state index is 0. The lowest BCUT2D eigenvalue weighted by atomic mass is 9.95. The van der Waals surface area contributed by atoms with Crippen LogP contribution in [-0.2, 0) is 13.0 Å². The first-order valence-electron chi connectivity index (χ1n) is 6.99. The van der Waals surface area contributed by atoms with E-state index in [1.54, 1.807) is 0 Å². The SMILES string of the molecule is Cc1ncc2c(c1-c1noc(-c3ccc[nH]3)n1)CCNC2.Cl. The summed E-state index contributed by atoms with van der Waals surface area (Å²) in [6, 6.07) is 3.81. The number of halogens is 1. The predicted molar refractivity (Wildman–Crippen MR) is 84.7 cm³/mol. The Morgan fingerprint density at radius 2 is 2.23 bits per heavy atom. The smallest absolute Gasteiger partial charge is 0.274 e. The highest BCUT2D eigenvalue weighted by Crippen LogP contribution is 2.29. The molecule has 1 aliphatic heterocycles. The number of aryl methyl sites for hydroxylation is 1. The molecule has 4 rings (SSSR count). The van der Waals surface area contributed by atoms with Gasteiger partial charge in [0.1, 0.15) is 5.69 Å². The van der Waals surface area contributed by atoms with E-state index in [0.29, 0.717) is 11.7 Å². The van der Waals surface area contributed by atoms with Gasteiger partial charge in [-0.1, -0.05) is 5.16 Å². The number of nitrogens with zero attached hydrogens (tertiary/aromatic N) is 3. The highest BCUT2D eigenvalue weighted by molar-refractivity contribution is 5.85. The van der Waals surface area contributed by atoms with Crippen molar-refractivity contribution in [3.05, 3.63) is 41.3 Å². The van der Waals surface area contributed by atoms with E-state index >= 15 is 0 Å². The van der Waals surface area contributed by atoms with Crippen molar-refractivity contribution < 1.29 is 4.52 Å². The Morgan fingerprint density at radius 1 is 1.32 bits per heavy atom. The molecular formula is C15H16ClN5O. The van der Waals surface area contributed by atoms with Gasteiger partial charge in [-0.05, 0) is 43.1 Å². The van der Waals surface area contributed by atoms with Crippen LogP contribution in [0.3, 0.4) is 0 Å². The molecule has 0 saturated heterocycles. The first-order valence-corrected chi connectivity index (χ1v) is 6.99. The van der Waals surface area contributed by atoms with Gasteiger partial charge in [0.15, 0.2) is 0 Å². The first-order chi connectivity index (χ1) is 10.3. The van der Waals surface area contributed by atoms with Crippen molar-refractivity contribution in [1.29, 1.82) is 0 Å². The largest absolute Gasteiger partial charge is 0.357 e. The Balaban J connectivity index is 0.00000144. The fourth-order valence-corrected chi connectivity index (χ4v) is 2.77. The summed E-state index contributed by atoms with van der Waals surface area (Å²) in [5.74, 6) is 1.12. The second-order valence-electron chi connectivity index (χ2n) is 5.16. The summed E-state index contributed by atoms with van der Waals surface area (Å²) in [5, 5.41) is 7.50. The second-order valence-corrected chi connectivity index (χ2v) is 5.16. The summed E-state index contributed by atoms with van der Waals surface area (Å²) in [6.45, 7) is 3.80. The van der Waals surface area contributed by atoms with Crippen LogP contribution in [0.5, 0.6) is 0 Å². The number of aromatic amines is 1. The van der Waals surface area contributed by atoms with E-state index < -0.39 is 0 Å². The molecule has 0 aliphatic carbocycles. The average Bonchev–Trinajstić information content (AvgIpc) is 3.18. The number of fused-ring (bicyclic) bond motifs is 1. The maximum atomic E-state index is 5.37. The van der Waals surface area contributed by atoms with Crippen LogP contribution in [0.15, 0.2) is 29.0 Å². The van der Waals surface area contributed by atoms with Crippen LogP contribution in [0.2, 0.25) is 0 Å². The molecule has 114 valence electrons. The molecule has 7 heteroatoms. The molecule has 0 unspecified atom stereocenters. The van der Waals surface area contributed by atoms with Crippen molar-refractivity contribution in [2.45, 2.75) is 19.9 Å². The van der Waals surface area contributed by atoms with E-state index in [4.69, 9.17) is 4.52 Å². The highest BCUT2D eigenvalue weighted by Gasteiger charge is 2.21. The van der Waals surface area contributed by atoms with Gasteiger partial charge in [-0.25, -0.2) is 0 Å². The van der Waals surface area contributed by atoms with Crippen molar-refractivity contribution >= 4 is 12.4 Å². The van der Waals surface area contributed by atoms with Gasteiger partial charge in [0.05, 0.1) is 0 Å². The Bertz CT molecular complexity index is 781. The lowest BCUT2D eigenvalue weighted by Gasteiger charge is -2.19. The Kier molecular flexibility index (Phi) is 3.96. The van der Waals surface area contributed by atoms with E-state index in [0.717, 1.165) is 36.5 Å². The number of rotatable bonds is 2. The second kappa shape index (κ2) is 5.90. The maximum absolute atomic E-state index is 5.37. The van der Waals surface area contributed by atoms with Gasteiger partial charge < -0.3 is 14.8 Å². The number of hydrogen-bond donors (Lipinski definition) is 2. The van der Waals surface area contributed by atoms with E-state index in [9.17, 15) is 0 Å². The number of pyridine rings is 1.